The summed E-state index contributed by atoms with van der Waals surface area (Å²) in [4.78, 5) is 1.95. The fraction of sp³-hybridized carbons (Fsp3) is 0.778. The highest BCUT2D eigenvalue weighted by molar-refractivity contribution is 9.11. The smallest absolute Gasteiger partial charge is 0.0229 e. The van der Waals surface area contributed by atoms with Gasteiger partial charge in [0, 0.05) is 0 Å². The first-order chi connectivity index (χ1) is 4.91. The molecule has 0 bridgehead atoms. The predicted molar refractivity (Wildman–Crippen MR) is 51.4 cm³/mol. The van der Waals surface area contributed by atoms with E-state index in [1.165, 1.54) is 38.5 Å². The molecule has 0 aliphatic rings. The van der Waals surface area contributed by atoms with E-state index >= 15 is 0 Å². The number of unbranched alkanes of at least 4 members (excludes halogenated alkanes) is 5. The molecular formula is C9H17Br. The molecule has 0 rings (SSSR count). The lowest BCUT2D eigenvalue weighted by molar-refractivity contribution is 0.637. The number of hydrogen-bond donors (Lipinski definition) is 0. The second-order valence-electron chi connectivity index (χ2n) is 2.56. The number of allylic oxidation sites excluding steroid dienone is 1. The van der Waals surface area contributed by atoms with Crippen LogP contribution in [0.25, 0.3) is 0 Å². The first-order valence-corrected chi connectivity index (χ1v) is 5.08. The van der Waals surface area contributed by atoms with E-state index in [2.05, 4.69) is 28.9 Å². The molecule has 0 amide bonds. The molecule has 0 spiro atoms. The molecule has 1 heteroatoms. The highest BCUT2D eigenvalue weighted by Crippen LogP contribution is 2.05. The van der Waals surface area contributed by atoms with Gasteiger partial charge in [-0.1, -0.05) is 54.6 Å². The van der Waals surface area contributed by atoms with E-state index < -0.39 is 0 Å². The fourth-order valence-corrected chi connectivity index (χ4v) is 1.19. The first kappa shape index (κ1) is 10.2. The lowest BCUT2D eigenvalue weighted by atomic mass is 10.1. The number of hydrogen-bond acceptors (Lipinski definition) is 0. The van der Waals surface area contributed by atoms with Gasteiger partial charge in [0.05, 0.1) is 0 Å². The summed E-state index contributed by atoms with van der Waals surface area (Å²) in [6.45, 7) is 2.25. The van der Waals surface area contributed by atoms with Crippen LogP contribution in [0, 0.1) is 0 Å². The molecule has 0 saturated carbocycles. The molecule has 0 aromatic heterocycles. The quantitative estimate of drug-likeness (QED) is 0.568. The molecule has 0 aromatic carbocycles. The van der Waals surface area contributed by atoms with Crippen molar-refractivity contribution in [2.75, 3.05) is 0 Å². The van der Waals surface area contributed by atoms with Crippen molar-refractivity contribution < 1.29 is 0 Å². The molecule has 0 heterocycles. The topological polar surface area (TPSA) is 0 Å². The van der Waals surface area contributed by atoms with Crippen molar-refractivity contribution in [3.8, 4) is 0 Å². The Kier molecular flexibility index (Phi) is 9.42. The summed E-state index contributed by atoms with van der Waals surface area (Å²) in [5, 5.41) is 0. The zero-order valence-electron chi connectivity index (χ0n) is 6.78. The van der Waals surface area contributed by atoms with E-state index in [0.29, 0.717) is 0 Å². The van der Waals surface area contributed by atoms with Crippen molar-refractivity contribution in [1.29, 1.82) is 0 Å². The Bertz CT molecular complexity index is 76.8. The van der Waals surface area contributed by atoms with Crippen LogP contribution in [-0.4, -0.2) is 0 Å². The van der Waals surface area contributed by atoms with Gasteiger partial charge in [0.15, 0.2) is 0 Å². The summed E-state index contributed by atoms with van der Waals surface area (Å²) in [5.41, 5.74) is 0. The van der Waals surface area contributed by atoms with Gasteiger partial charge in [-0.05, 0) is 17.8 Å². The molecule has 0 aliphatic heterocycles. The molecule has 0 radical (unpaired) electrons. The van der Waals surface area contributed by atoms with Crippen LogP contribution in [0.15, 0.2) is 11.1 Å². The summed E-state index contributed by atoms with van der Waals surface area (Å²) in [7, 11) is 0. The molecule has 10 heavy (non-hydrogen) atoms. The molecule has 0 fully saturated rings. The predicted octanol–water partition coefficient (Wildman–Crippen LogP) is 4.26. The van der Waals surface area contributed by atoms with Gasteiger partial charge in [-0.3, -0.25) is 0 Å². The van der Waals surface area contributed by atoms with Crippen LogP contribution in [0.2, 0.25) is 0 Å². The Morgan fingerprint density at radius 2 is 1.80 bits per heavy atom. The Morgan fingerprint density at radius 1 is 1.10 bits per heavy atom. The van der Waals surface area contributed by atoms with E-state index in [1.807, 2.05) is 4.99 Å². The summed E-state index contributed by atoms with van der Waals surface area (Å²) >= 11 is 3.25. The van der Waals surface area contributed by atoms with Gasteiger partial charge in [0.25, 0.3) is 0 Å². The molecule has 0 aromatic rings. The van der Waals surface area contributed by atoms with Crippen LogP contribution in [0.3, 0.4) is 0 Å². The third-order valence-electron chi connectivity index (χ3n) is 1.56. The normalized spacial score (nSPS) is 11.0. The zero-order valence-corrected chi connectivity index (χ0v) is 8.36. The van der Waals surface area contributed by atoms with Crippen molar-refractivity contribution in [3.05, 3.63) is 11.1 Å². The van der Waals surface area contributed by atoms with Gasteiger partial charge < -0.3 is 0 Å². The van der Waals surface area contributed by atoms with Crippen molar-refractivity contribution in [3.63, 3.8) is 0 Å². The third-order valence-corrected chi connectivity index (χ3v) is 1.94. The van der Waals surface area contributed by atoms with Crippen molar-refractivity contribution >= 4 is 15.9 Å². The largest absolute Gasteiger partial charge is 0.0776 e. The zero-order chi connectivity index (χ0) is 7.66. The lowest BCUT2D eigenvalue weighted by Gasteiger charge is -1.94. The van der Waals surface area contributed by atoms with Crippen molar-refractivity contribution in [2.45, 2.75) is 45.4 Å². The average Bonchev–Trinajstić information content (AvgIpc) is 1.97. The highest BCUT2D eigenvalue weighted by atomic mass is 79.9. The van der Waals surface area contributed by atoms with Gasteiger partial charge >= 0.3 is 0 Å². The lowest BCUT2D eigenvalue weighted by Crippen LogP contribution is -1.75. The molecule has 0 atom stereocenters. The maximum atomic E-state index is 3.25. The fourth-order valence-electron chi connectivity index (χ4n) is 0.929. The summed E-state index contributed by atoms with van der Waals surface area (Å²) in [6.07, 6.45) is 10.3. The summed E-state index contributed by atoms with van der Waals surface area (Å²) in [6, 6.07) is 0. The van der Waals surface area contributed by atoms with Gasteiger partial charge in [-0.25, -0.2) is 0 Å². The number of halogens is 1. The minimum atomic E-state index is 1.23. The number of rotatable bonds is 6. The first-order valence-electron chi connectivity index (χ1n) is 4.17. The second-order valence-corrected chi connectivity index (χ2v) is 3.09. The molecule has 0 aliphatic carbocycles. The van der Waals surface area contributed by atoms with Gasteiger partial charge in [0.1, 0.15) is 0 Å². The molecular weight excluding hydrogens is 188 g/mol. The molecule has 0 N–H and O–H groups in total. The van der Waals surface area contributed by atoms with Crippen LogP contribution in [0.4, 0.5) is 0 Å². The molecule has 60 valence electrons. The van der Waals surface area contributed by atoms with Gasteiger partial charge in [0.2, 0.25) is 0 Å². The van der Waals surface area contributed by atoms with E-state index in [-0.39, 0.29) is 0 Å². The van der Waals surface area contributed by atoms with Crippen LogP contribution in [-0.2, 0) is 0 Å². The Hall–Kier alpha value is 0.220. The van der Waals surface area contributed by atoms with Crippen LogP contribution in [0.1, 0.15) is 45.4 Å². The minimum absolute atomic E-state index is 1.23. The monoisotopic (exact) mass is 204 g/mol. The summed E-state index contributed by atoms with van der Waals surface area (Å²) < 4.78 is 0. The Morgan fingerprint density at radius 3 is 2.40 bits per heavy atom. The Labute approximate surface area is 72.8 Å². The highest BCUT2D eigenvalue weighted by Gasteiger charge is 1.85. The van der Waals surface area contributed by atoms with Crippen LogP contribution < -0.4 is 0 Å². The third kappa shape index (κ3) is 8.22. The van der Waals surface area contributed by atoms with Crippen LogP contribution >= 0.6 is 15.9 Å². The van der Waals surface area contributed by atoms with Crippen molar-refractivity contribution in [1.82, 2.24) is 0 Å². The van der Waals surface area contributed by atoms with E-state index in [1.54, 1.807) is 0 Å². The SMILES string of the molecule is CCCCCCCC=CBr. The van der Waals surface area contributed by atoms with Gasteiger partial charge in [-0.2, -0.15) is 0 Å². The van der Waals surface area contributed by atoms with E-state index in [4.69, 9.17) is 0 Å². The van der Waals surface area contributed by atoms with Crippen LogP contribution in [0.5, 0.6) is 0 Å². The average molecular weight is 205 g/mol. The summed E-state index contributed by atoms with van der Waals surface area (Å²) in [5.74, 6) is 0. The van der Waals surface area contributed by atoms with E-state index in [9.17, 15) is 0 Å². The van der Waals surface area contributed by atoms with Gasteiger partial charge in [-0.15, -0.1) is 0 Å². The maximum absolute atomic E-state index is 3.25. The van der Waals surface area contributed by atoms with Crippen molar-refractivity contribution in [2.24, 2.45) is 0 Å². The molecule has 0 saturated heterocycles. The second kappa shape index (κ2) is 9.22. The van der Waals surface area contributed by atoms with E-state index in [0.717, 1.165) is 0 Å². The Balaban J connectivity index is 2.77. The standard InChI is InChI=1S/C9H17Br/c1-2-3-4-5-6-7-8-9-10/h8-9H,2-7H2,1H3. The maximum Gasteiger partial charge on any atom is -0.0229 e. The molecule has 0 nitrogen and oxygen atoms in total. The minimum Gasteiger partial charge on any atom is -0.0776 e. The molecule has 0 unspecified atom stereocenters.